The van der Waals surface area contributed by atoms with Gasteiger partial charge in [0.1, 0.15) is 0 Å². The molecule has 1 rings (SSSR count). The SMILES string of the molecule is CCOCC(C)Nc1nc(CCC(=O)O)cs1. The van der Waals surface area contributed by atoms with Gasteiger partial charge in [-0.2, -0.15) is 0 Å². The van der Waals surface area contributed by atoms with Gasteiger partial charge < -0.3 is 15.2 Å². The second kappa shape index (κ2) is 7.24. The number of carbonyl (C=O) groups is 1. The van der Waals surface area contributed by atoms with Crippen LogP contribution in [0.3, 0.4) is 0 Å². The molecule has 1 atom stereocenters. The van der Waals surface area contributed by atoms with Gasteiger partial charge in [-0.05, 0) is 13.8 Å². The van der Waals surface area contributed by atoms with E-state index in [2.05, 4.69) is 10.3 Å². The third kappa shape index (κ3) is 5.65. The lowest BCUT2D eigenvalue weighted by Gasteiger charge is -2.11. The van der Waals surface area contributed by atoms with Crippen LogP contribution in [0.15, 0.2) is 5.38 Å². The van der Waals surface area contributed by atoms with Crippen LogP contribution < -0.4 is 5.32 Å². The van der Waals surface area contributed by atoms with E-state index in [4.69, 9.17) is 9.84 Å². The average molecular weight is 258 g/mol. The normalized spacial score (nSPS) is 12.4. The van der Waals surface area contributed by atoms with Gasteiger partial charge in [-0.15, -0.1) is 11.3 Å². The molecule has 0 spiro atoms. The van der Waals surface area contributed by atoms with Crippen molar-refractivity contribution in [2.45, 2.75) is 32.7 Å². The standard InChI is InChI=1S/C11H18N2O3S/c1-3-16-6-8(2)12-11-13-9(7-17-11)4-5-10(14)15/h7-8H,3-6H2,1-2H3,(H,12,13)(H,14,15). The topological polar surface area (TPSA) is 71.5 Å². The fourth-order valence-electron chi connectivity index (χ4n) is 1.27. The van der Waals surface area contributed by atoms with E-state index >= 15 is 0 Å². The molecule has 0 aliphatic heterocycles. The number of nitrogens with zero attached hydrogens (tertiary/aromatic N) is 1. The van der Waals surface area contributed by atoms with Crippen molar-refractivity contribution < 1.29 is 14.6 Å². The minimum Gasteiger partial charge on any atom is -0.481 e. The Morgan fingerprint density at radius 2 is 2.47 bits per heavy atom. The Labute approximate surface area is 105 Å². The van der Waals surface area contributed by atoms with Crippen molar-refractivity contribution in [2.75, 3.05) is 18.5 Å². The van der Waals surface area contributed by atoms with E-state index in [9.17, 15) is 4.79 Å². The first-order chi connectivity index (χ1) is 8.11. The monoisotopic (exact) mass is 258 g/mol. The quantitative estimate of drug-likeness (QED) is 0.746. The number of nitrogens with one attached hydrogen (secondary N) is 1. The Hall–Kier alpha value is -1.14. The highest BCUT2D eigenvalue weighted by molar-refractivity contribution is 7.13. The largest absolute Gasteiger partial charge is 0.481 e. The molecule has 1 aromatic rings. The van der Waals surface area contributed by atoms with Crippen molar-refractivity contribution in [2.24, 2.45) is 0 Å². The molecule has 6 heteroatoms. The molecular weight excluding hydrogens is 240 g/mol. The molecular formula is C11H18N2O3S. The van der Waals surface area contributed by atoms with Crippen molar-refractivity contribution in [1.82, 2.24) is 4.98 Å². The van der Waals surface area contributed by atoms with Crippen LogP contribution >= 0.6 is 11.3 Å². The summed E-state index contributed by atoms with van der Waals surface area (Å²) in [6.45, 7) is 5.32. The van der Waals surface area contributed by atoms with E-state index < -0.39 is 5.97 Å². The van der Waals surface area contributed by atoms with Gasteiger partial charge in [0.05, 0.1) is 18.7 Å². The summed E-state index contributed by atoms with van der Waals surface area (Å²) in [5.41, 5.74) is 0.823. The number of anilines is 1. The minimum atomic E-state index is -0.794. The molecule has 1 aromatic heterocycles. The summed E-state index contributed by atoms with van der Waals surface area (Å²) in [6.07, 6.45) is 0.602. The lowest BCUT2D eigenvalue weighted by atomic mass is 10.2. The van der Waals surface area contributed by atoms with Gasteiger partial charge in [-0.25, -0.2) is 4.98 Å². The predicted octanol–water partition coefficient (Wildman–Crippen LogP) is 2.00. The molecule has 5 nitrogen and oxygen atoms in total. The van der Waals surface area contributed by atoms with Crippen LogP contribution in [0.1, 0.15) is 26.0 Å². The van der Waals surface area contributed by atoms with Gasteiger partial charge in [-0.1, -0.05) is 0 Å². The molecule has 1 unspecified atom stereocenters. The number of thiazole rings is 1. The maximum Gasteiger partial charge on any atom is 0.303 e. The summed E-state index contributed by atoms with van der Waals surface area (Å²) >= 11 is 1.49. The van der Waals surface area contributed by atoms with Gasteiger partial charge in [-0.3, -0.25) is 4.79 Å². The molecule has 0 aliphatic rings. The molecule has 0 bridgehead atoms. The Bertz CT molecular complexity index is 354. The zero-order valence-electron chi connectivity index (χ0n) is 10.1. The van der Waals surface area contributed by atoms with Crippen molar-refractivity contribution in [1.29, 1.82) is 0 Å². The van der Waals surface area contributed by atoms with Crippen molar-refractivity contribution >= 4 is 22.4 Å². The summed E-state index contributed by atoms with van der Waals surface area (Å²) in [7, 11) is 0. The number of aliphatic carboxylic acids is 1. The van der Waals surface area contributed by atoms with Crippen LogP contribution in [0.4, 0.5) is 5.13 Å². The molecule has 0 amide bonds. The molecule has 1 heterocycles. The number of aryl methyl sites for hydroxylation is 1. The van der Waals surface area contributed by atoms with E-state index in [0.29, 0.717) is 19.6 Å². The fourth-order valence-corrected chi connectivity index (χ4v) is 2.13. The molecule has 0 fully saturated rings. The lowest BCUT2D eigenvalue weighted by Crippen LogP contribution is -2.21. The van der Waals surface area contributed by atoms with E-state index in [0.717, 1.165) is 10.8 Å². The number of carboxylic acid groups (broad SMARTS) is 1. The van der Waals surface area contributed by atoms with Crippen LogP contribution in [0.25, 0.3) is 0 Å². The Morgan fingerprint density at radius 1 is 1.71 bits per heavy atom. The second-order valence-electron chi connectivity index (χ2n) is 3.74. The van der Waals surface area contributed by atoms with Crippen molar-refractivity contribution in [3.8, 4) is 0 Å². The van der Waals surface area contributed by atoms with Gasteiger partial charge in [0.2, 0.25) is 0 Å². The number of hydrogen-bond acceptors (Lipinski definition) is 5. The Balaban J connectivity index is 2.37. The Morgan fingerprint density at radius 3 is 3.12 bits per heavy atom. The molecule has 0 aromatic carbocycles. The maximum absolute atomic E-state index is 10.4. The first kappa shape index (κ1) is 13.9. The molecule has 0 saturated carbocycles. The number of aromatic nitrogens is 1. The summed E-state index contributed by atoms with van der Waals surface area (Å²) in [6, 6.07) is 0.202. The summed E-state index contributed by atoms with van der Waals surface area (Å²) < 4.78 is 5.29. The van der Waals surface area contributed by atoms with E-state index in [1.165, 1.54) is 11.3 Å². The third-order valence-electron chi connectivity index (χ3n) is 2.09. The summed E-state index contributed by atoms with van der Waals surface area (Å²) in [5, 5.41) is 14.5. The molecule has 2 N–H and O–H groups in total. The van der Waals surface area contributed by atoms with Gasteiger partial charge in [0.25, 0.3) is 0 Å². The van der Waals surface area contributed by atoms with E-state index in [1.54, 1.807) is 0 Å². The van der Waals surface area contributed by atoms with Gasteiger partial charge >= 0.3 is 5.97 Å². The van der Waals surface area contributed by atoms with Crippen LogP contribution in [0, 0.1) is 0 Å². The zero-order chi connectivity index (χ0) is 12.7. The number of rotatable bonds is 8. The number of hydrogen-bond donors (Lipinski definition) is 2. The van der Waals surface area contributed by atoms with Crippen molar-refractivity contribution in [3.63, 3.8) is 0 Å². The molecule has 0 aliphatic carbocycles. The zero-order valence-corrected chi connectivity index (χ0v) is 10.9. The number of carboxylic acids is 1. The van der Waals surface area contributed by atoms with Crippen molar-refractivity contribution in [3.05, 3.63) is 11.1 Å². The highest BCUT2D eigenvalue weighted by Crippen LogP contribution is 2.17. The highest BCUT2D eigenvalue weighted by Gasteiger charge is 2.07. The Kier molecular flexibility index (Phi) is 5.93. The van der Waals surface area contributed by atoms with E-state index in [-0.39, 0.29) is 12.5 Å². The van der Waals surface area contributed by atoms with Gasteiger partial charge in [0, 0.05) is 24.4 Å². The molecule has 0 radical (unpaired) electrons. The van der Waals surface area contributed by atoms with Crippen LogP contribution in [0.2, 0.25) is 0 Å². The summed E-state index contributed by atoms with van der Waals surface area (Å²) in [5.74, 6) is -0.794. The first-order valence-electron chi connectivity index (χ1n) is 5.62. The third-order valence-corrected chi connectivity index (χ3v) is 2.91. The maximum atomic E-state index is 10.4. The lowest BCUT2D eigenvalue weighted by molar-refractivity contribution is -0.136. The smallest absolute Gasteiger partial charge is 0.303 e. The van der Waals surface area contributed by atoms with Crippen LogP contribution in [-0.2, 0) is 16.0 Å². The minimum absolute atomic E-state index is 0.123. The number of ether oxygens (including phenoxy) is 1. The highest BCUT2D eigenvalue weighted by atomic mass is 32.1. The second-order valence-corrected chi connectivity index (χ2v) is 4.60. The average Bonchev–Trinajstić information content (AvgIpc) is 2.71. The van der Waals surface area contributed by atoms with E-state index in [1.807, 2.05) is 19.2 Å². The van der Waals surface area contributed by atoms with Crippen LogP contribution in [0.5, 0.6) is 0 Å². The van der Waals surface area contributed by atoms with Gasteiger partial charge in [0.15, 0.2) is 5.13 Å². The first-order valence-corrected chi connectivity index (χ1v) is 6.50. The molecule has 17 heavy (non-hydrogen) atoms. The molecule has 0 saturated heterocycles. The molecule has 96 valence electrons. The fraction of sp³-hybridized carbons (Fsp3) is 0.636. The summed E-state index contributed by atoms with van der Waals surface area (Å²) in [4.78, 5) is 14.7. The van der Waals surface area contributed by atoms with Crippen LogP contribution in [-0.4, -0.2) is 35.3 Å². The predicted molar refractivity (Wildman–Crippen MR) is 67.6 cm³/mol.